The first kappa shape index (κ1) is 21.3. The second kappa shape index (κ2) is 10.3. The summed E-state index contributed by atoms with van der Waals surface area (Å²) in [5.74, 6) is -0.108. The second-order valence-electron chi connectivity index (χ2n) is 6.03. The molecule has 4 nitrogen and oxygen atoms in total. The van der Waals surface area contributed by atoms with Crippen molar-refractivity contribution in [3.63, 3.8) is 0 Å². The third kappa shape index (κ3) is 6.26. The van der Waals surface area contributed by atoms with Crippen molar-refractivity contribution in [2.45, 2.75) is 25.3 Å². The molecule has 7 heteroatoms. The maximum absolute atomic E-state index is 14.0. The predicted molar refractivity (Wildman–Crippen MR) is 108 cm³/mol. The van der Waals surface area contributed by atoms with E-state index in [0.717, 1.165) is 5.56 Å². The van der Waals surface area contributed by atoms with Crippen LogP contribution in [0.1, 0.15) is 18.1 Å². The van der Waals surface area contributed by atoms with Crippen molar-refractivity contribution in [3.8, 4) is 0 Å². The molecule has 0 aliphatic heterocycles. The largest absolute Gasteiger partial charge is 0.357 e. The van der Waals surface area contributed by atoms with Crippen LogP contribution < -0.4 is 5.32 Å². The van der Waals surface area contributed by atoms with Crippen LogP contribution in [0.25, 0.3) is 0 Å². The van der Waals surface area contributed by atoms with E-state index in [1.165, 1.54) is 29.8 Å². The van der Waals surface area contributed by atoms with E-state index in [2.05, 4.69) is 5.32 Å². The van der Waals surface area contributed by atoms with Gasteiger partial charge in [0.15, 0.2) is 0 Å². The van der Waals surface area contributed by atoms with E-state index in [0.29, 0.717) is 16.3 Å². The summed E-state index contributed by atoms with van der Waals surface area (Å²) in [6, 6.07) is 13.0. The summed E-state index contributed by atoms with van der Waals surface area (Å²) in [6.07, 6.45) is 0. The molecule has 0 heterocycles. The zero-order valence-corrected chi connectivity index (χ0v) is 16.8. The second-order valence-corrected chi connectivity index (χ2v) is 7.45. The van der Waals surface area contributed by atoms with E-state index in [4.69, 9.17) is 11.6 Å². The summed E-state index contributed by atoms with van der Waals surface area (Å²) in [5, 5.41) is 3.19. The highest BCUT2D eigenvalue weighted by molar-refractivity contribution is 7.99. The average molecular weight is 409 g/mol. The van der Waals surface area contributed by atoms with Gasteiger partial charge in [0.25, 0.3) is 0 Å². The van der Waals surface area contributed by atoms with Crippen molar-refractivity contribution in [2.24, 2.45) is 0 Å². The molecule has 0 spiro atoms. The van der Waals surface area contributed by atoms with Gasteiger partial charge >= 0.3 is 0 Å². The Morgan fingerprint density at radius 1 is 1.22 bits per heavy atom. The third-order valence-electron chi connectivity index (χ3n) is 4.10. The summed E-state index contributed by atoms with van der Waals surface area (Å²) >= 11 is 7.40. The maximum atomic E-state index is 14.0. The average Bonchev–Trinajstić information content (AvgIpc) is 2.66. The number of halogens is 2. The van der Waals surface area contributed by atoms with Crippen molar-refractivity contribution in [2.75, 3.05) is 12.8 Å². The van der Waals surface area contributed by atoms with Crippen LogP contribution >= 0.6 is 23.4 Å². The zero-order chi connectivity index (χ0) is 19.8. The molecule has 2 aromatic carbocycles. The summed E-state index contributed by atoms with van der Waals surface area (Å²) in [6.45, 7) is 1.68. The lowest BCUT2D eigenvalue weighted by Gasteiger charge is -2.28. The highest BCUT2D eigenvalue weighted by Crippen LogP contribution is 2.19. The third-order valence-corrected chi connectivity index (χ3v) is 5.32. The maximum Gasteiger partial charge on any atom is 0.242 e. The summed E-state index contributed by atoms with van der Waals surface area (Å²) < 4.78 is 14.0. The molecule has 0 aliphatic carbocycles. The van der Waals surface area contributed by atoms with E-state index in [1.807, 2.05) is 18.2 Å². The minimum absolute atomic E-state index is 0.0395. The van der Waals surface area contributed by atoms with Crippen LogP contribution in [-0.4, -0.2) is 35.6 Å². The molecule has 0 radical (unpaired) electrons. The lowest BCUT2D eigenvalue weighted by atomic mass is 10.1. The van der Waals surface area contributed by atoms with Gasteiger partial charge in [-0.3, -0.25) is 9.59 Å². The molecule has 1 atom stereocenters. The molecule has 1 N–H and O–H groups in total. The number of carbonyl (C=O) groups excluding carboxylic acids is 2. The SMILES string of the molecule is CNC(=O)C(C)N(Cc1ccccc1F)C(=O)CSCc1cccc(Cl)c1. The summed E-state index contributed by atoms with van der Waals surface area (Å²) in [7, 11) is 1.51. The highest BCUT2D eigenvalue weighted by Gasteiger charge is 2.26. The fourth-order valence-corrected chi connectivity index (χ4v) is 3.64. The number of benzene rings is 2. The van der Waals surface area contributed by atoms with E-state index >= 15 is 0 Å². The Bertz CT molecular complexity index is 803. The van der Waals surface area contributed by atoms with Crippen LogP contribution in [0.15, 0.2) is 48.5 Å². The van der Waals surface area contributed by atoms with Gasteiger partial charge in [0.05, 0.1) is 5.75 Å². The van der Waals surface area contributed by atoms with Crippen LogP contribution in [0.3, 0.4) is 0 Å². The van der Waals surface area contributed by atoms with Crippen molar-refractivity contribution >= 4 is 35.2 Å². The van der Waals surface area contributed by atoms with Crippen LogP contribution in [0.5, 0.6) is 0 Å². The van der Waals surface area contributed by atoms with Crippen molar-refractivity contribution in [1.82, 2.24) is 10.2 Å². The first-order valence-corrected chi connectivity index (χ1v) is 10.0. The Labute approximate surface area is 168 Å². The highest BCUT2D eigenvalue weighted by atomic mass is 35.5. The lowest BCUT2D eigenvalue weighted by Crippen LogP contribution is -2.47. The molecule has 2 rings (SSSR count). The number of hydrogen-bond donors (Lipinski definition) is 1. The molecule has 0 saturated heterocycles. The minimum atomic E-state index is -0.700. The minimum Gasteiger partial charge on any atom is -0.357 e. The smallest absolute Gasteiger partial charge is 0.242 e. The molecule has 2 amide bonds. The Kier molecular flexibility index (Phi) is 8.13. The topological polar surface area (TPSA) is 49.4 Å². The van der Waals surface area contributed by atoms with Crippen LogP contribution in [0, 0.1) is 5.82 Å². The number of likely N-dealkylation sites (N-methyl/N-ethyl adjacent to an activating group) is 1. The number of nitrogens with zero attached hydrogens (tertiary/aromatic N) is 1. The van der Waals surface area contributed by atoms with Crippen molar-refractivity contribution in [1.29, 1.82) is 0 Å². The normalized spacial score (nSPS) is 11.7. The van der Waals surface area contributed by atoms with E-state index in [1.54, 1.807) is 31.2 Å². The van der Waals surface area contributed by atoms with Gasteiger partial charge in [0, 0.05) is 29.9 Å². The molecule has 0 aromatic heterocycles. The molecule has 0 fully saturated rings. The first-order chi connectivity index (χ1) is 12.9. The quantitative estimate of drug-likeness (QED) is 0.721. The number of amides is 2. The van der Waals surface area contributed by atoms with Crippen molar-refractivity contribution in [3.05, 3.63) is 70.5 Å². The number of nitrogens with one attached hydrogen (secondary N) is 1. The lowest BCUT2D eigenvalue weighted by molar-refractivity contribution is -0.138. The Hall–Kier alpha value is -2.05. The fourth-order valence-electron chi connectivity index (χ4n) is 2.57. The molecular formula is C20H22ClFN2O2S. The number of carbonyl (C=O) groups is 2. The van der Waals surface area contributed by atoms with Gasteiger partial charge in [-0.2, -0.15) is 0 Å². The van der Waals surface area contributed by atoms with Gasteiger partial charge in [-0.25, -0.2) is 4.39 Å². The van der Waals surface area contributed by atoms with Crippen LogP contribution in [0.4, 0.5) is 4.39 Å². The van der Waals surface area contributed by atoms with E-state index in [9.17, 15) is 14.0 Å². The van der Waals surface area contributed by atoms with Gasteiger partial charge in [-0.05, 0) is 30.7 Å². The van der Waals surface area contributed by atoms with Gasteiger partial charge in [0.1, 0.15) is 11.9 Å². The Morgan fingerprint density at radius 2 is 1.96 bits per heavy atom. The molecular weight excluding hydrogens is 387 g/mol. The van der Waals surface area contributed by atoms with Gasteiger partial charge in [-0.15, -0.1) is 11.8 Å². The molecule has 0 bridgehead atoms. The number of rotatable bonds is 8. The number of hydrogen-bond acceptors (Lipinski definition) is 3. The molecule has 2 aromatic rings. The number of thioether (sulfide) groups is 1. The summed E-state index contributed by atoms with van der Waals surface area (Å²) in [4.78, 5) is 26.2. The zero-order valence-electron chi connectivity index (χ0n) is 15.2. The van der Waals surface area contributed by atoms with E-state index < -0.39 is 11.9 Å². The van der Waals surface area contributed by atoms with Crippen molar-refractivity contribution < 1.29 is 14.0 Å². The predicted octanol–water partition coefficient (Wildman–Crippen LogP) is 3.88. The first-order valence-electron chi connectivity index (χ1n) is 8.49. The van der Waals surface area contributed by atoms with Crippen LogP contribution in [-0.2, 0) is 21.9 Å². The van der Waals surface area contributed by atoms with Gasteiger partial charge < -0.3 is 10.2 Å². The molecule has 1 unspecified atom stereocenters. The molecule has 144 valence electrons. The van der Waals surface area contributed by atoms with Gasteiger partial charge in [0.2, 0.25) is 11.8 Å². The standard InChI is InChI=1S/C20H22ClFN2O2S/c1-14(20(26)23-2)24(11-16-7-3-4-9-18(16)22)19(25)13-27-12-15-6-5-8-17(21)10-15/h3-10,14H,11-13H2,1-2H3,(H,23,26). The van der Waals surface area contributed by atoms with Gasteiger partial charge in [-0.1, -0.05) is 41.9 Å². The van der Waals surface area contributed by atoms with Crippen LogP contribution in [0.2, 0.25) is 5.02 Å². The van der Waals surface area contributed by atoms with E-state index in [-0.39, 0.29) is 24.1 Å². The summed E-state index contributed by atoms with van der Waals surface area (Å²) in [5.41, 5.74) is 1.39. The monoisotopic (exact) mass is 408 g/mol. The molecule has 0 saturated carbocycles. The molecule has 27 heavy (non-hydrogen) atoms. The molecule has 0 aliphatic rings. The Morgan fingerprint density at radius 3 is 2.63 bits per heavy atom. The Balaban J connectivity index is 2.06. The fraction of sp³-hybridized carbons (Fsp3) is 0.300.